The molecule has 0 saturated carbocycles. The smallest absolute Gasteiger partial charge is 0.300 e. The number of carbonyl (C=O) groups excluding carboxylic acids is 1. The normalized spacial score (nSPS) is 11.0. The molecule has 0 atom stereocenters. The SMILES string of the molecule is NC(=O)c1ccccc1OCS(=O)(=O)O. The van der Waals surface area contributed by atoms with E-state index in [9.17, 15) is 13.2 Å². The highest BCUT2D eigenvalue weighted by Crippen LogP contribution is 2.17. The molecule has 1 amide bonds. The topological polar surface area (TPSA) is 107 Å². The first-order chi connectivity index (χ1) is 6.90. The first-order valence-electron chi connectivity index (χ1n) is 3.87. The van der Waals surface area contributed by atoms with Gasteiger partial charge in [0, 0.05) is 0 Å². The molecule has 6 nitrogen and oxygen atoms in total. The van der Waals surface area contributed by atoms with Gasteiger partial charge in [0.25, 0.3) is 5.91 Å². The van der Waals surface area contributed by atoms with Crippen molar-refractivity contribution in [2.24, 2.45) is 5.73 Å². The molecule has 0 aromatic heterocycles. The van der Waals surface area contributed by atoms with E-state index in [4.69, 9.17) is 15.0 Å². The van der Waals surface area contributed by atoms with Crippen LogP contribution in [0.3, 0.4) is 0 Å². The Balaban J connectivity index is 2.90. The lowest BCUT2D eigenvalue weighted by atomic mass is 10.2. The third kappa shape index (κ3) is 3.56. The quantitative estimate of drug-likeness (QED) is 0.710. The van der Waals surface area contributed by atoms with Crippen LogP contribution >= 0.6 is 0 Å². The number of nitrogens with two attached hydrogens (primary N) is 1. The van der Waals surface area contributed by atoms with Crippen molar-refractivity contribution in [2.75, 3.05) is 5.94 Å². The molecule has 0 saturated heterocycles. The monoisotopic (exact) mass is 231 g/mol. The second-order valence-electron chi connectivity index (χ2n) is 2.70. The maximum atomic E-state index is 10.9. The van der Waals surface area contributed by atoms with Gasteiger partial charge in [-0.25, -0.2) is 0 Å². The van der Waals surface area contributed by atoms with E-state index in [2.05, 4.69) is 0 Å². The Kier molecular flexibility index (Phi) is 3.28. The van der Waals surface area contributed by atoms with Crippen LogP contribution in [-0.4, -0.2) is 24.8 Å². The molecule has 82 valence electrons. The zero-order valence-electron chi connectivity index (χ0n) is 7.58. The Hall–Kier alpha value is -1.60. The van der Waals surface area contributed by atoms with Crippen molar-refractivity contribution in [3.05, 3.63) is 29.8 Å². The molecular weight excluding hydrogens is 222 g/mol. The van der Waals surface area contributed by atoms with Crippen molar-refractivity contribution in [3.63, 3.8) is 0 Å². The molecule has 15 heavy (non-hydrogen) atoms. The van der Waals surface area contributed by atoms with E-state index in [0.717, 1.165) is 0 Å². The summed E-state index contributed by atoms with van der Waals surface area (Å²) in [5.41, 5.74) is 5.08. The summed E-state index contributed by atoms with van der Waals surface area (Å²) in [7, 11) is -4.24. The molecule has 0 radical (unpaired) electrons. The summed E-state index contributed by atoms with van der Waals surface area (Å²) < 4.78 is 34.0. The van der Waals surface area contributed by atoms with Gasteiger partial charge < -0.3 is 10.5 Å². The fourth-order valence-corrected chi connectivity index (χ4v) is 1.21. The number of rotatable bonds is 4. The van der Waals surface area contributed by atoms with E-state index in [1.807, 2.05) is 0 Å². The van der Waals surface area contributed by atoms with E-state index in [0.29, 0.717) is 0 Å². The van der Waals surface area contributed by atoms with Crippen LogP contribution < -0.4 is 10.5 Å². The minimum absolute atomic E-state index is 0.0163. The summed E-state index contributed by atoms with van der Waals surface area (Å²) in [5.74, 6) is -1.64. The first kappa shape index (κ1) is 11.5. The first-order valence-corrected chi connectivity index (χ1v) is 5.48. The third-order valence-electron chi connectivity index (χ3n) is 1.52. The van der Waals surface area contributed by atoms with Gasteiger partial charge in [0.05, 0.1) is 5.56 Å². The zero-order valence-corrected chi connectivity index (χ0v) is 8.40. The van der Waals surface area contributed by atoms with Crippen LogP contribution in [0, 0.1) is 0 Å². The van der Waals surface area contributed by atoms with Gasteiger partial charge in [-0.3, -0.25) is 9.35 Å². The van der Waals surface area contributed by atoms with Gasteiger partial charge in [0.1, 0.15) is 5.75 Å². The van der Waals surface area contributed by atoms with Crippen LogP contribution in [-0.2, 0) is 10.1 Å². The van der Waals surface area contributed by atoms with E-state index >= 15 is 0 Å². The van der Waals surface area contributed by atoms with Crippen LogP contribution in [0.4, 0.5) is 0 Å². The minimum atomic E-state index is -4.24. The van der Waals surface area contributed by atoms with Crippen LogP contribution in [0.15, 0.2) is 24.3 Å². The third-order valence-corrected chi connectivity index (χ3v) is 1.93. The molecule has 0 spiro atoms. The molecule has 1 aromatic carbocycles. The van der Waals surface area contributed by atoms with Crippen molar-refractivity contribution in [1.82, 2.24) is 0 Å². The van der Waals surface area contributed by atoms with Crippen molar-refractivity contribution in [1.29, 1.82) is 0 Å². The minimum Gasteiger partial charge on any atom is -0.474 e. The van der Waals surface area contributed by atoms with E-state index in [1.165, 1.54) is 12.1 Å². The number of benzene rings is 1. The average molecular weight is 231 g/mol. The Labute approximate surface area is 86.4 Å². The highest BCUT2D eigenvalue weighted by Gasteiger charge is 2.11. The lowest BCUT2D eigenvalue weighted by Gasteiger charge is -2.06. The predicted molar refractivity (Wildman–Crippen MR) is 52.0 cm³/mol. The lowest BCUT2D eigenvalue weighted by molar-refractivity contribution is 0.0997. The summed E-state index contributed by atoms with van der Waals surface area (Å²) >= 11 is 0. The molecular formula is C8H9NO5S. The van der Waals surface area contributed by atoms with Gasteiger partial charge >= 0.3 is 10.1 Å². The van der Waals surface area contributed by atoms with Crippen molar-refractivity contribution in [3.8, 4) is 5.75 Å². The van der Waals surface area contributed by atoms with Crippen LogP contribution in [0.5, 0.6) is 5.75 Å². The second kappa shape index (κ2) is 4.28. The molecule has 0 bridgehead atoms. The molecule has 0 aliphatic heterocycles. The van der Waals surface area contributed by atoms with E-state index in [1.54, 1.807) is 12.1 Å². The molecule has 0 fully saturated rings. The van der Waals surface area contributed by atoms with Crippen molar-refractivity contribution >= 4 is 16.0 Å². The number of ether oxygens (including phenoxy) is 1. The van der Waals surface area contributed by atoms with Crippen molar-refractivity contribution in [2.45, 2.75) is 0 Å². The summed E-state index contributed by atoms with van der Waals surface area (Å²) in [6.07, 6.45) is 0. The molecule has 1 rings (SSSR count). The van der Waals surface area contributed by atoms with Gasteiger partial charge in [-0.15, -0.1) is 0 Å². The van der Waals surface area contributed by atoms with Gasteiger partial charge in [-0.1, -0.05) is 12.1 Å². The summed E-state index contributed by atoms with van der Waals surface area (Å²) in [6.45, 7) is 0. The molecule has 7 heteroatoms. The van der Waals surface area contributed by atoms with Gasteiger partial charge in [-0.2, -0.15) is 8.42 Å². The Morgan fingerprint density at radius 2 is 2.00 bits per heavy atom. The van der Waals surface area contributed by atoms with Crippen molar-refractivity contribution < 1.29 is 22.5 Å². The summed E-state index contributed by atoms with van der Waals surface area (Å²) in [6, 6.07) is 5.87. The molecule has 3 N–H and O–H groups in total. The molecule has 0 heterocycles. The number of hydrogen-bond donors (Lipinski definition) is 2. The fraction of sp³-hybridized carbons (Fsp3) is 0.125. The molecule has 0 aliphatic rings. The maximum absolute atomic E-state index is 10.9. The summed E-state index contributed by atoms with van der Waals surface area (Å²) in [5, 5.41) is 0. The van der Waals surface area contributed by atoms with Gasteiger partial charge in [0.15, 0.2) is 0 Å². The van der Waals surface area contributed by atoms with Crippen LogP contribution in [0.1, 0.15) is 10.4 Å². The zero-order chi connectivity index (χ0) is 11.5. The number of hydrogen-bond acceptors (Lipinski definition) is 4. The predicted octanol–water partition coefficient (Wildman–Crippen LogP) is 0.00960. The Morgan fingerprint density at radius 1 is 1.40 bits per heavy atom. The van der Waals surface area contributed by atoms with Crippen LogP contribution in [0.2, 0.25) is 0 Å². The van der Waals surface area contributed by atoms with E-state index in [-0.39, 0.29) is 11.3 Å². The highest BCUT2D eigenvalue weighted by atomic mass is 32.2. The molecule has 0 aliphatic carbocycles. The lowest BCUT2D eigenvalue weighted by Crippen LogP contribution is -2.16. The Bertz CT molecular complexity index is 468. The largest absolute Gasteiger partial charge is 0.474 e. The summed E-state index contributed by atoms with van der Waals surface area (Å²) in [4.78, 5) is 10.9. The van der Waals surface area contributed by atoms with Crippen LogP contribution in [0.25, 0.3) is 0 Å². The molecule has 0 unspecified atom stereocenters. The maximum Gasteiger partial charge on any atom is 0.300 e. The highest BCUT2D eigenvalue weighted by molar-refractivity contribution is 7.85. The van der Waals surface area contributed by atoms with E-state index < -0.39 is 22.0 Å². The second-order valence-corrected chi connectivity index (χ2v) is 4.10. The number of amides is 1. The molecule has 1 aromatic rings. The number of carbonyl (C=O) groups is 1. The fourth-order valence-electron chi connectivity index (χ4n) is 0.934. The number of para-hydroxylation sites is 1. The average Bonchev–Trinajstić information content (AvgIpc) is 2.14. The van der Waals surface area contributed by atoms with Gasteiger partial charge in [0.2, 0.25) is 5.94 Å². The van der Waals surface area contributed by atoms with Gasteiger partial charge in [-0.05, 0) is 12.1 Å². The standard InChI is InChI=1S/C8H9NO5S/c9-8(10)6-3-1-2-4-7(6)14-5-15(11,12)13/h1-4H,5H2,(H2,9,10)(H,11,12,13). The number of primary amides is 1. The Morgan fingerprint density at radius 3 is 2.53 bits per heavy atom.